The van der Waals surface area contributed by atoms with Crippen molar-refractivity contribution in [3.8, 4) is 0 Å². The van der Waals surface area contributed by atoms with E-state index >= 15 is 0 Å². The Morgan fingerprint density at radius 3 is 2.54 bits per heavy atom. The smallest absolute Gasteiger partial charge is 0.299 e. The molecule has 0 aliphatic rings. The minimum absolute atomic E-state index is 0.0188. The van der Waals surface area contributed by atoms with Crippen LogP contribution >= 0.6 is 0 Å². The van der Waals surface area contributed by atoms with Crippen LogP contribution in [0.2, 0.25) is 0 Å². The number of nitro groups is 1. The van der Waals surface area contributed by atoms with Crippen LogP contribution < -0.4 is 16.7 Å². The zero-order valence-electron chi connectivity index (χ0n) is 15.2. The molecule has 2 aromatic heterocycles. The maximum atomic E-state index is 12.5. The standard InChI is InChI=1S/C17H17N7O4/c1-4-9-23-13-14(21(2)17(26)22(3)15(13)25)19-16(23)20-18-10-11-5-7-12(8-6-11)24(27)28/h4-8,10H,1,9H2,2-3H3,(H,19,20)/b18-10+. The average molecular weight is 383 g/mol. The van der Waals surface area contributed by atoms with Crippen molar-refractivity contribution in [1.82, 2.24) is 18.7 Å². The van der Waals surface area contributed by atoms with Crippen molar-refractivity contribution in [3.63, 3.8) is 0 Å². The highest BCUT2D eigenvalue weighted by Gasteiger charge is 2.18. The zero-order chi connectivity index (χ0) is 20.4. The van der Waals surface area contributed by atoms with Crippen LogP contribution in [0.25, 0.3) is 11.2 Å². The molecule has 0 aliphatic heterocycles. The molecule has 11 nitrogen and oxygen atoms in total. The van der Waals surface area contributed by atoms with Crippen LogP contribution in [-0.4, -0.2) is 29.8 Å². The number of non-ortho nitro benzene ring substituents is 1. The normalized spacial score (nSPS) is 11.2. The van der Waals surface area contributed by atoms with Crippen LogP contribution in [0.5, 0.6) is 0 Å². The summed E-state index contributed by atoms with van der Waals surface area (Å²) in [6.45, 7) is 3.96. The maximum Gasteiger partial charge on any atom is 0.332 e. The van der Waals surface area contributed by atoms with Crippen LogP contribution in [0, 0.1) is 10.1 Å². The second-order valence-corrected chi connectivity index (χ2v) is 5.93. The summed E-state index contributed by atoms with van der Waals surface area (Å²) in [6.07, 6.45) is 3.05. The van der Waals surface area contributed by atoms with Crippen molar-refractivity contribution in [1.29, 1.82) is 0 Å². The van der Waals surface area contributed by atoms with Gasteiger partial charge in [-0.05, 0) is 17.7 Å². The number of imidazole rings is 1. The third-order valence-corrected chi connectivity index (χ3v) is 4.14. The molecule has 0 radical (unpaired) electrons. The molecule has 0 unspecified atom stereocenters. The number of nitrogens with one attached hydrogen (secondary N) is 1. The molecule has 0 atom stereocenters. The van der Waals surface area contributed by atoms with E-state index in [1.165, 1.54) is 37.0 Å². The predicted molar refractivity (Wildman–Crippen MR) is 105 cm³/mol. The number of hydrogen-bond acceptors (Lipinski definition) is 7. The van der Waals surface area contributed by atoms with Gasteiger partial charge in [0.25, 0.3) is 11.2 Å². The minimum atomic E-state index is -0.485. The number of hydrazone groups is 1. The number of hydrogen-bond donors (Lipinski definition) is 1. The lowest BCUT2D eigenvalue weighted by Crippen LogP contribution is -2.37. The molecule has 0 amide bonds. The maximum absolute atomic E-state index is 12.5. The average Bonchev–Trinajstić information content (AvgIpc) is 3.04. The zero-order valence-corrected chi connectivity index (χ0v) is 15.2. The number of benzene rings is 1. The van der Waals surface area contributed by atoms with Gasteiger partial charge in [-0.2, -0.15) is 10.1 Å². The van der Waals surface area contributed by atoms with Gasteiger partial charge in [-0.1, -0.05) is 6.08 Å². The van der Waals surface area contributed by atoms with Crippen molar-refractivity contribution in [2.75, 3.05) is 5.43 Å². The molecule has 0 aliphatic carbocycles. The molecule has 0 saturated heterocycles. The van der Waals surface area contributed by atoms with Crippen LogP contribution in [-0.2, 0) is 20.6 Å². The van der Waals surface area contributed by atoms with E-state index in [4.69, 9.17) is 0 Å². The van der Waals surface area contributed by atoms with Gasteiger partial charge >= 0.3 is 5.69 Å². The summed E-state index contributed by atoms with van der Waals surface area (Å²) in [4.78, 5) is 39.2. The molecule has 1 aromatic carbocycles. The number of nitrogens with zero attached hydrogens (tertiary/aromatic N) is 6. The van der Waals surface area contributed by atoms with Crippen molar-refractivity contribution < 1.29 is 4.92 Å². The fourth-order valence-electron chi connectivity index (χ4n) is 2.69. The quantitative estimate of drug-likeness (QED) is 0.292. The topological polar surface area (TPSA) is 129 Å². The highest BCUT2D eigenvalue weighted by molar-refractivity contribution is 5.81. The Labute approximate surface area is 158 Å². The second kappa shape index (κ2) is 7.31. The van der Waals surface area contributed by atoms with Gasteiger partial charge in [0.05, 0.1) is 11.1 Å². The lowest BCUT2D eigenvalue weighted by molar-refractivity contribution is -0.384. The summed E-state index contributed by atoms with van der Waals surface area (Å²) in [5, 5.41) is 14.8. The first-order valence-electron chi connectivity index (χ1n) is 8.15. The van der Waals surface area contributed by atoms with Crippen molar-refractivity contribution in [3.05, 3.63) is 73.4 Å². The third-order valence-electron chi connectivity index (χ3n) is 4.14. The van der Waals surface area contributed by atoms with E-state index in [0.29, 0.717) is 5.56 Å². The van der Waals surface area contributed by atoms with E-state index in [1.807, 2.05) is 0 Å². The summed E-state index contributed by atoms with van der Waals surface area (Å²) in [6, 6.07) is 5.84. The monoisotopic (exact) mass is 383 g/mol. The molecule has 28 heavy (non-hydrogen) atoms. The van der Waals surface area contributed by atoms with E-state index in [9.17, 15) is 19.7 Å². The molecule has 0 saturated carbocycles. The number of rotatable bonds is 6. The Hall–Kier alpha value is -4.02. The highest BCUT2D eigenvalue weighted by atomic mass is 16.6. The van der Waals surface area contributed by atoms with Crippen molar-refractivity contribution in [2.24, 2.45) is 19.2 Å². The van der Waals surface area contributed by atoms with Gasteiger partial charge in [0.1, 0.15) is 0 Å². The highest BCUT2D eigenvalue weighted by Crippen LogP contribution is 2.16. The SMILES string of the molecule is C=CCn1c(N/N=C/c2ccc([N+](=O)[O-])cc2)nc2c1c(=O)n(C)c(=O)n2C. The number of anilines is 1. The number of nitro benzene ring substituents is 1. The Balaban J connectivity index is 1.99. The third kappa shape index (κ3) is 3.20. The van der Waals surface area contributed by atoms with Crippen LogP contribution in [0.3, 0.4) is 0 Å². The summed E-state index contributed by atoms with van der Waals surface area (Å²) in [5.74, 6) is 0.256. The van der Waals surface area contributed by atoms with Gasteiger partial charge in [0, 0.05) is 32.8 Å². The van der Waals surface area contributed by atoms with E-state index in [-0.39, 0.29) is 29.3 Å². The van der Waals surface area contributed by atoms with Gasteiger partial charge in [-0.15, -0.1) is 6.58 Å². The summed E-state index contributed by atoms with van der Waals surface area (Å²) < 4.78 is 3.85. The fraction of sp³-hybridized carbons (Fsp3) is 0.176. The molecule has 11 heteroatoms. The number of aromatic nitrogens is 4. The van der Waals surface area contributed by atoms with Crippen molar-refractivity contribution >= 4 is 29.0 Å². The van der Waals surface area contributed by atoms with E-state index in [2.05, 4.69) is 22.1 Å². The molecule has 0 fully saturated rings. The van der Waals surface area contributed by atoms with Gasteiger partial charge in [0.15, 0.2) is 11.2 Å². The lowest BCUT2D eigenvalue weighted by Gasteiger charge is -2.06. The molecule has 0 spiro atoms. The van der Waals surface area contributed by atoms with Crippen molar-refractivity contribution in [2.45, 2.75) is 6.54 Å². The molecular weight excluding hydrogens is 366 g/mol. The summed E-state index contributed by atoms with van der Waals surface area (Å²) in [5.41, 5.74) is 2.87. The molecule has 3 rings (SSSR count). The Kier molecular flexibility index (Phi) is 4.90. The summed E-state index contributed by atoms with van der Waals surface area (Å²) in [7, 11) is 2.93. The molecular formula is C17H17N7O4. The van der Waals surface area contributed by atoms with E-state index < -0.39 is 16.2 Å². The molecule has 0 bridgehead atoms. The number of allylic oxidation sites excluding steroid dienone is 1. The molecule has 1 N–H and O–H groups in total. The minimum Gasteiger partial charge on any atom is -0.299 e. The van der Waals surface area contributed by atoms with Crippen LogP contribution in [0.15, 0.2) is 51.6 Å². The van der Waals surface area contributed by atoms with Gasteiger partial charge in [-0.25, -0.2) is 10.2 Å². The Morgan fingerprint density at radius 1 is 1.25 bits per heavy atom. The first-order chi connectivity index (χ1) is 13.3. The van der Waals surface area contributed by atoms with E-state index in [0.717, 1.165) is 4.57 Å². The largest absolute Gasteiger partial charge is 0.332 e. The lowest BCUT2D eigenvalue weighted by atomic mass is 10.2. The Morgan fingerprint density at radius 2 is 1.93 bits per heavy atom. The first-order valence-corrected chi connectivity index (χ1v) is 8.15. The summed E-state index contributed by atoms with van der Waals surface area (Å²) >= 11 is 0. The van der Waals surface area contributed by atoms with E-state index in [1.54, 1.807) is 22.8 Å². The number of aryl methyl sites for hydroxylation is 1. The van der Waals surface area contributed by atoms with Crippen LogP contribution in [0.4, 0.5) is 11.6 Å². The van der Waals surface area contributed by atoms with Gasteiger partial charge in [-0.3, -0.25) is 28.6 Å². The Bertz CT molecular complexity index is 1220. The molecule has 2 heterocycles. The van der Waals surface area contributed by atoms with Gasteiger partial charge in [0.2, 0.25) is 5.95 Å². The fourth-order valence-corrected chi connectivity index (χ4v) is 2.69. The predicted octanol–water partition coefficient (Wildman–Crippen LogP) is 0.974. The number of fused-ring (bicyclic) bond motifs is 1. The second-order valence-electron chi connectivity index (χ2n) is 5.93. The van der Waals surface area contributed by atoms with Gasteiger partial charge < -0.3 is 0 Å². The van der Waals surface area contributed by atoms with Crippen LogP contribution in [0.1, 0.15) is 5.56 Å². The molecule has 144 valence electrons. The first kappa shape index (κ1) is 18.8. The molecule has 3 aromatic rings.